The Bertz CT molecular complexity index is 575. The van der Waals surface area contributed by atoms with Gasteiger partial charge in [0, 0.05) is 0 Å². The van der Waals surface area contributed by atoms with Crippen LogP contribution in [-0.4, -0.2) is 45.4 Å². The van der Waals surface area contributed by atoms with Crippen molar-refractivity contribution in [2.45, 2.75) is 63.1 Å². The molecule has 3 aliphatic rings. The summed E-state index contributed by atoms with van der Waals surface area (Å²) >= 11 is 0. The van der Waals surface area contributed by atoms with Crippen LogP contribution in [0.3, 0.4) is 0 Å². The number of rotatable bonds is 1. The lowest BCUT2D eigenvalue weighted by Gasteiger charge is -2.55. The van der Waals surface area contributed by atoms with Gasteiger partial charge >= 0.3 is 12.0 Å². The largest absolute Gasteiger partial charge is 0.365 e. The molecule has 2 heterocycles. The van der Waals surface area contributed by atoms with Crippen molar-refractivity contribution in [2.75, 3.05) is 18.4 Å². The van der Waals surface area contributed by atoms with Gasteiger partial charge in [-0.05, 0) is 39.0 Å². The lowest BCUT2D eigenvalue weighted by molar-refractivity contribution is -0.229. The minimum absolute atomic E-state index is 0.120. The SMILES string of the molecule is Cc1noc(NC(=O)N2CC3(CCCC3)OC3(CCC3)C2)n1. The van der Waals surface area contributed by atoms with Crippen molar-refractivity contribution in [3.05, 3.63) is 5.82 Å². The molecule has 1 aliphatic heterocycles. The second kappa shape index (κ2) is 4.94. The predicted octanol–water partition coefficient (Wildman–Crippen LogP) is 2.48. The Morgan fingerprint density at radius 1 is 1.14 bits per heavy atom. The van der Waals surface area contributed by atoms with Crippen molar-refractivity contribution in [3.63, 3.8) is 0 Å². The summed E-state index contributed by atoms with van der Waals surface area (Å²) in [6.45, 7) is 3.05. The zero-order valence-electron chi connectivity index (χ0n) is 12.9. The van der Waals surface area contributed by atoms with E-state index in [1.54, 1.807) is 6.92 Å². The predicted molar refractivity (Wildman–Crippen MR) is 78.5 cm³/mol. The summed E-state index contributed by atoms with van der Waals surface area (Å²) < 4.78 is 11.5. The van der Waals surface area contributed by atoms with Crippen LogP contribution in [0.4, 0.5) is 10.8 Å². The normalized spacial score (nSPS) is 25.4. The fraction of sp³-hybridized carbons (Fsp3) is 0.800. The zero-order chi connectivity index (χ0) is 15.2. The molecule has 2 spiro atoms. The van der Waals surface area contributed by atoms with Crippen LogP contribution < -0.4 is 5.32 Å². The first-order valence-electron chi connectivity index (χ1n) is 8.15. The highest BCUT2D eigenvalue weighted by Crippen LogP contribution is 2.48. The summed E-state index contributed by atoms with van der Waals surface area (Å²) in [7, 11) is 0. The summed E-state index contributed by atoms with van der Waals surface area (Å²) in [6.07, 6.45) is 7.78. The van der Waals surface area contributed by atoms with E-state index >= 15 is 0 Å². The highest BCUT2D eigenvalue weighted by Gasteiger charge is 2.53. The van der Waals surface area contributed by atoms with Crippen LogP contribution in [0.15, 0.2) is 4.52 Å². The van der Waals surface area contributed by atoms with Gasteiger partial charge in [0.15, 0.2) is 5.82 Å². The smallest absolute Gasteiger partial charge is 0.329 e. The molecular weight excluding hydrogens is 284 g/mol. The van der Waals surface area contributed by atoms with Crippen molar-refractivity contribution in [2.24, 2.45) is 0 Å². The summed E-state index contributed by atoms with van der Waals surface area (Å²) in [6, 6.07) is 0.00150. The summed E-state index contributed by atoms with van der Waals surface area (Å²) in [5.74, 6) is 0.514. The number of hydrogen-bond donors (Lipinski definition) is 1. The molecule has 0 unspecified atom stereocenters. The number of ether oxygens (including phenoxy) is 1. The molecule has 7 nitrogen and oxygen atoms in total. The zero-order valence-corrected chi connectivity index (χ0v) is 12.9. The van der Waals surface area contributed by atoms with Gasteiger partial charge in [0.2, 0.25) is 0 Å². The molecule has 1 aromatic rings. The van der Waals surface area contributed by atoms with E-state index in [1.165, 1.54) is 19.3 Å². The molecule has 0 bridgehead atoms. The molecule has 1 saturated heterocycles. The molecule has 0 aromatic carbocycles. The van der Waals surface area contributed by atoms with E-state index in [9.17, 15) is 4.79 Å². The second-order valence-corrected chi connectivity index (χ2v) is 6.96. The molecule has 120 valence electrons. The monoisotopic (exact) mass is 306 g/mol. The number of aryl methyl sites for hydroxylation is 1. The van der Waals surface area contributed by atoms with Crippen LogP contribution in [0.2, 0.25) is 0 Å². The molecule has 0 atom stereocenters. The van der Waals surface area contributed by atoms with Crippen molar-refractivity contribution in [1.29, 1.82) is 0 Å². The van der Waals surface area contributed by atoms with E-state index in [1.807, 2.05) is 4.90 Å². The molecule has 2 saturated carbocycles. The maximum absolute atomic E-state index is 12.6. The number of nitrogens with one attached hydrogen (secondary N) is 1. The average Bonchev–Trinajstić information content (AvgIpc) is 3.06. The van der Waals surface area contributed by atoms with Gasteiger partial charge in [0.25, 0.3) is 0 Å². The Morgan fingerprint density at radius 2 is 1.77 bits per heavy atom. The first-order chi connectivity index (χ1) is 10.6. The average molecular weight is 306 g/mol. The van der Waals surface area contributed by atoms with E-state index < -0.39 is 0 Å². The third-order valence-corrected chi connectivity index (χ3v) is 5.20. The molecule has 4 rings (SSSR count). The quantitative estimate of drug-likeness (QED) is 0.862. The van der Waals surface area contributed by atoms with Crippen LogP contribution in [0.1, 0.15) is 50.8 Å². The van der Waals surface area contributed by atoms with Crippen molar-refractivity contribution in [3.8, 4) is 0 Å². The van der Waals surface area contributed by atoms with Crippen LogP contribution in [-0.2, 0) is 4.74 Å². The van der Waals surface area contributed by atoms with E-state index in [0.29, 0.717) is 18.9 Å². The van der Waals surface area contributed by atoms with Crippen molar-refractivity contribution in [1.82, 2.24) is 15.0 Å². The van der Waals surface area contributed by atoms with Crippen LogP contribution in [0.5, 0.6) is 0 Å². The first kappa shape index (κ1) is 14.0. The van der Waals surface area contributed by atoms with Gasteiger partial charge in [0.1, 0.15) is 0 Å². The number of nitrogens with zero attached hydrogens (tertiary/aromatic N) is 3. The van der Waals surface area contributed by atoms with Gasteiger partial charge in [-0.1, -0.05) is 18.0 Å². The van der Waals surface area contributed by atoms with Crippen LogP contribution in [0.25, 0.3) is 0 Å². The Labute approximate surface area is 129 Å². The molecule has 1 aromatic heterocycles. The number of anilines is 1. The number of carbonyl (C=O) groups is 1. The number of aromatic nitrogens is 2. The van der Waals surface area contributed by atoms with Gasteiger partial charge in [0.05, 0.1) is 24.3 Å². The van der Waals surface area contributed by atoms with Gasteiger partial charge in [-0.3, -0.25) is 5.32 Å². The van der Waals surface area contributed by atoms with Gasteiger partial charge in [-0.2, -0.15) is 4.98 Å². The van der Waals surface area contributed by atoms with Gasteiger partial charge in [-0.15, -0.1) is 0 Å². The third-order valence-electron chi connectivity index (χ3n) is 5.20. The summed E-state index contributed by atoms with van der Waals surface area (Å²) in [4.78, 5) is 18.5. The number of hydrogen-bond acceptors (Lipinski definition) is 5. The minimum Gasteiger partial charge on any atom is -0.365 e. The molecule has 22 heavy (non-hydrogen) atoms. The van der Waals surface area contributed by atoms with Crippen LogP contribution in [0, 0.1) is 6.92 Å². The highest BCUT2D eigenvalue weighted by molar-refractivity contribution is 5.87. The fourth-order valence-corrected chi connectivity index (χ4v) is 4.05. The van der Waals surface area contributed by atoms with Crippen molar-refractivity contribution >= 4 is 12.0 Å². The number of morpholine rings is 1. The molecule has 0 radical (unpaired) electrons. The van der Waals surface area contributed by atoms with Crippen LogP contribution >= 0.6 is 0 Å². The number of amides is 2. The first-order valence-corrected chi connectivity index (χ1v) is 8.15. The summed E-state index contributed by atoms with van der Waals surface area (Å²) in [5, 5.41) is 6.41. The Hall–Kier alpha value is -1.63. The summed E-state index contributed by atoms with van der Waals surface area (Å²) in [5.41, 5.74) is -0.258. The standard InChI is InChI=1S/C15H22N4O3/c1-11-16-12(21-18-11)17-13(20)19-9-14(5-2-3-6-14)22-15(10-19)7-4-8-15/h2-10H2,1H3,(H,16,17,18,20). The highest BCUT2D eigenvalue weighted by atomic mass is 16.5. The van der Waals surface area contributed by atoms with Gasteiger partial charge in [-0.25, -0.2) is 4.79 Å². The number of carbonyl (C=O) groups excluding carboxylic acids is 1. The molecule has 2 aliphatic carbocycles. The Morgan fingerprint density at radius 3 is 2.27 bits per heavy atom. The molecular formula is C15H22N4O3. The second-order valence-electron chi connectivity index (χ2n) is 6.96. The molecule has 3 fully saturated rings. The molecule has 7 heteroatoms. The third kappa shape index (κ3) is 2.37. The van der Waals surface area contributed by atoms with E-state index in [0.717, 1.165) is 25.7 Å². The lowest BCUT2D eigenvalue weighted by atomic mass is 9.77. The van der Waals surface area contributed by atoms with Crippen molar-refractivity contribution < 1.29 is 14.1 Å². The Kier molecular flexibility index (Phi) is 3.14. The number of urea groups is 1. The fourth-order valence-electron chi connectivity index (χ4n) is 4.05. The van der Waals surface area contributed by atoms with E-state index in [2.05, 4.69) is 15.5 Å². The molecule has 2 amide bonds. The minimum atomic E-state index is -0.162. The van der Waals surface area contributed by atoms with E-state index in [-0.39, 0.29) is 23.2 Å². The van der Waals surface area contributed by atoms with Gasteiger partial charge < -0.3 is 14.2 Å². The molecule has 1 N–H and O–H groups in total. The maximum Gasteiger partial charge on any atom is 0.329 e. The maximum atomic E-state index is 12.6. The topological polar surface area (TPSA) is 80.5 Å². The Balaban J connectivity index is 1.51. The van der Waals surface area contributed by atoms with E-state index in [4.69, 9.17) is 9.26 Å². The lowest BCUT2D eigenvalue weighted by Crippen LogP contribution is -2.65.